The Hall–Kier alpha value is -1.66. The minimum atomic E-state index is 0.0596. The second-order valence-electron chi connectivity index (χ2n) is 6.20. The molecule has 0 bridgehead atoms. The van der Waals surface area contributed by atoms with Crippen molar-refractivity contribution < 1.29 is 9.21 Å². The first-order chi connectivity index (χ1) is 10.8. The zero-order valence-corrected chi connectivity index (χ0v) is 13.1. The summed E-state index contributed by atoms with van der Waals surface area (Å²) in [5, 5.41) is 6.37. The lowest BCUT2D eigenvalue weighted by Crippen LogP contribution is -2.39. The van der Waals surface area contributed by atoms with Crippen molar-refractivity contribution in [3.8, 4) is 0 Å². The van der Waals surface area contributed by atoms with Crippen molar-refractivity contribution in [2.45, 2.75) is 31.8 Å². The Morgan fingerprint density at radius 3 is 3.05 bits per heavy atom. The highest BCUT2D eigenvalue weighted by Crippen LogP contribution is 2.56. The van der Waals surface area contributed by atoms with Crippen LogP contribution in [0, 0.1) is 5.41 Å². The molecule has 116 valence electrons. The van der Waals surface area contributed by atoms with E-state index in [0.717, 1.165) is 37.4 Å². The highest BCUT2D eigenvalue weighted by Gasteiger charge is 2.57. The number of thiazole rings is 1. The molecule has 4 rings (SSSR count). The fourth-order valence-corrected chi connectivity index (χ4v) is 4.20. The largest absolute Gasteiger partial charge is 0.472 e. The lowest BCUT2D eigenvalue weighted by molar-refractivity contribution is 0.0691. The summed E-state index contributed by atoms with van der Waals surface area (Å²) in [6.07, 6.45) is 8.32. The second kappa shape index (κ2) is 5.52. The molecule has 3 heterocycles. The van der Waals surface area contributed by atoms with Crippen LogP contribution in [0.25, 0.3) is 0 Å². The number of carbonyl (C=O) groups excluding carboxylic acids is 1. The molecule has 0 radical (unpaired) electrons. The molecule has 1 aliphatic carbocycles. The van der Waals surface area contributed by atoms with Crippen molar-refractivity contribution in [3.05, 3.63) is 40.7 Å². The number of hydrogen-bond donors (Lipinski definition) is 1. The molecule has 2 fully saturated rings. The van der Waals surface area contributed by atoms with Gasteiger partial charge in [-0.15, -0.1) is 11.3 Å². The normalized spacial score (nSPS) is 22.6. The van der Waals surface area contributed by atoms with Crippen LogP contribution in [-0.2, 0) is 6.54 Å². The fourth-order valence-electron chi connectivity index (χ4n) is 3.58. The third-order valence-electron chi connectivity index (χ3n) is 4.94. The Bertz CT molecular complexity index is 632. The average molecular weight is 317 g/mol. The number of aromatic nitrogens is 1. The SMILES string of the molecule is O=C(c1ccoc1)N(Cc1nccs1)C1CC12CCNCC2. The molecular formula is C16H19N3O2S. The second-order valence-corrected chi connectivity index (χ2v) is 7.18. The van der Waals surface area contributed by atoms with Gasteiger partial charge in [-0.3, -0.25) is 4.79 Å². The van der Waals surface area contributed by atoms with Crippen LogP contribution >= 0.6 is 11.3 Å². The first-order valence-electron chi connectivity index (χ1n) is 7.71. The first kappa shape index (κ1) is 14.0. The lowest BCUT2D eigenvalue weighted by Gasteiger charge is -2.29. The van der Waals surface area contributed by atoms with Crippen LogP contribution in [0.5, 0.6) is 0 Å². The number of piperidine rings is 1. The predicted molar refractivity (Wildman–Crippen MR) is 83.6 cm³/mol. The molecule has 1 unspecified atom stereocenters. The molecule has 22 heavy (non-hydrogen) atoms. The smallest absolute Gasteiger partial charge is 0.257 e. The fraction of sp³-hybridized carbons (Fsp3) is 0.500. The van der Waals surface area contributed by atoms with Crippen LogP contribution in [0.4, 0.5) is 0 Å². The number of nitrogens with zero attached hydrogens (tertiary/aromatic N) is 2. The van der Waals surface area contributed by atoms with E-state index in [-0.39, 0.29) is 5.91 Å². The first-order valence-corrected chi connectivity index (χ1v) is 8.59. The summed E-state index contributed by atoms with van der Waals surface area (Å²) >= 11 is 1.61. The van der Waals surface area contributed by atoms with Crippen LogP contribution in [0.3, 0.4) is 0 Å². The molecule has 1 spiro atoms. The lowest BCUT2D eigenvalue weighted by atomic mass is 9.93. The van der Waals surface area contributed by atoms with Gasteiger partial charge in [0.25, 0.3) is 5.91 Å². The van der Waals surface area contributed by atoms with Gasteiger partial charge in [0, 0.05) is 17.6 Å². The number of nitrogens with one attached hydrogen (secondary N) is 1. The van der Waals surface area contributed by atoms with E-state index in [1.165, 1.54) is 6.26 Å². The Kier molecular flexibility index (Phi) is 3.50. The van der Waals surface area contributed by atoms with E-state index < -0.39 is 0 Å². The topological polar surface area (TPSA) is 58.4 Å². The third-order valence-corrected chi connectivity index (χ3v) is 5.70. The van der Waals surface area contributed by atoms with Crippen molar-refractivity contribution in [2.24, 2.45) is 5.41 Å². The third kappa shape index (κ3) is 2.46. The summed E-state index contributed by atoms with van der Waals surface area (Å²) in [6.45, 7) is 2.71. The van der Waals surface area contributed by atoms with E-state index >= 15 is 0 Å². The molecule has 2 aromatic rings. The van der Waals surface area contributed by atoms with Gasteiger partial charge >= 0.3 is 0 Å². The summed E-state index contributed by atoms with van der Waals surface area (Å²) in [5.41, 5.74) is 0.953. The van der Waals surface area contributed by atoms with Gasteiger partial charge in [0.1, 0.15) is 11.3 Å². The van der Waals surface area contributed by atoms with Crippen LogP contribution in [0.1, 0.15) is 34.6 Å². The monoisotopic (exact) mass is 317 g/mol. The van der Waals surface area contributed by atoms with Crippen molar-refractivity contribution >= 4 is 17.2 Å². The van der Waals surface area contributed by atoms with E-state index in [1.54, 1.807) is 29.9 Å². The Balaban J connectivity index is 1.57. The van der Waals surface area contributed by atoms with Gasteiger partial charge < -0.3 is 14.6 Å². The standard InChI is InChI=1S/C16H19N3O2S/c20-15(12-1-7-21-11-12)19(10-14-18-6-8-22-14)13-9-16(13)2-4-17-5-3-16/h1,6-8,11,13,17H,2-5,9-10H2. The molecule has 1 saturated carbocycles. The van der Waals surface area contributed by atoms with Gasteiger partial charge in [-0.25, -0.2) is 4.98 Å². The van der Waals surface area contributed by atoms with Gasteiger partial charge in [-0.1, -0.05) is 0 Å². The number of furan rings is 1. The highest BCUT2D eigenvalue weighted by molar-refractivity contribution is 7.09. The van der Waals surface area contributed by atoms with Gasteiger partial charge in [0.15, 0.2) is 0 Å². The molecule has 1 saturated heterocycles. The molecule has 1 atom stereocenters. The number of carbonyl (C=O) groups is 1. The van der Waals surface area contributed by atoms with Crippen LogP contribution in [0.2, 0.25) is 0 Å². The molecule has 0 aromatic carbocycles. The molecule has 2 aromatic heterocycles. The maximum Gasteiger partial charge on any atom is 0.257 e. The van der Waals surface area contributed by atoms with Crippen molar-refractivity contribution in [1.82, 2.24) is 15.2 Å². The van der Waals surface area contributed by atoms with E-state index in [0.29, 0.717) is 23.6 Å². The summed E-state index contributed by atoms with van der Waals surface area (Å²) in [5.74, 6) is 0.0596. The zero-order valence-electron chi connectivity index (χ0n) is 12.3. The van der Waals surface area contributed by atoms with Gasteiger partial charge in [-0.2, -0.15) is 0 Å². The number of amides is 1. The zero-order chi connectivity index (χ0) is 15.0. The van der Waals surface area contributed by atoms with Crippen molar-refractivity contribution in [2.75, 3.05) is 13.1 Å². The van der Waals surface area contributed by atoms with E-state index in [4.69, 9.17) is 4.42 Å². The maximum absolute atomic E-state index is 12.9. The van der Waals surface area contributed by atoms with Gasteiger partial charge in [0.2, 0.25) is 0 Å². The molecule has 2 aliphatic rings. The summed E-state index contributed by atoms with van der Waals surface area (Å²) in [4.78, 5) is 19.2. The van der Waals surface area contributed by atoms with E-state index in [9.17, 15) is 4.79 Å². The van der Waals surface area contributed by atoms with E-state index in [2.05, 4.69) is 10.3 Å². The van der Waals surface area contributed by atoms with Crippen molar-refractivity contribution in [1.29, 1.82) is 0 Å². The van der Waals surface area contributed by atoms with Crippen LogP contribution < -0.4 is 5.32 Å². The quantitative estimate of drug-likeness (QED) is 0.941. The molecule has 1 amide bonds. The average Bonchev–Trinajstić information content (AvgIpc) is 3.02. The predicted octanol–water partition coefficient (Wildman–Crippen LogP) is 2.52. The number of rotatable bonds is 4. The van der Waals surface area contributed by atoms with Gasteiger partial charge in [-0.05, 0) is 43.8 Å². The summed E-state index contributed by atoms with van der Waals surface area (Å²) < 4.78 is 5.09. The number of hydrogen-bond acceptors (Lipinski definition) is 5. The Labute approximate surface area is 133 Å². The summed E-state index contributed by atoms with van der Waals surface area (Å²) in [6, 6.07) is 2.08. The molecular weight excluding hydrogens is 298 g/mol. The van der Waals surface area contributed by atoms with Gasteiger partial charge in [0.05, 0.1) is 18.4 Å². The highest BCUT2D eigenvalue weighted by atomic mass is 32.1. The van der Waals surface area contributed by atoms with Crippen molar-refractivity contribution in [3.63, 3.8) is 0 Å². The van der Waals surface area contributed by atoms with Crippen LogP contribution in [-0.4, -0.2) is 34.9 Å². The van der Waals surface area contributed by atoms with E-state index in [1.807, 2.05) is 10.3 Å². The molecule has 1 aliphatic heterocycles. The summed E-state index contributed by atoms with van der Waals surface area (Å²) in [7, 11) is 0. The Morgan fingerprint density at radius 1 is 1.50 bits per heavy atom. The minimum Gasteiger partial charge on any atom is -0.472 e. The molecule has 5 nitrogen and oxygen atoms in total. The van der Waals surface area contributed by atoms with Crippen LogP contribution in [0.15, 0.2) is 34.6 Å². The molecule has 6 heteroatoms. The maximum atomic E-state index is 12.9. The molecule has 1 N–H and O–H groups in total. The Morgan fingerprint density at radius 2 is 2.36 bits per heavy atom. The minimum absolute atomic E-state index is 0.0596.